The van der Waals surface area contributed by atoms with Crippen LogP contribution in [0.4, 0.5) is 0 Å². The maximum Gasteiger partial charge on any atom is 0.305 e. The molecule has 0 aromatic heterocycles. The van der Waals surface area contributed by atoms with Gasteiger partial charge in [-0.1, -0.05) is 148 Å². The molecule has 56 heavy (non-hydrogen) atoms. The van der Waals surface area contributed by atoms with E-state index in [0.29, 0.717) is 19.6 Å². The van der Waals surface area contributed by atoms with Crippen LogP contribution in [0.15, 0.2) is 127 Å². The number of unbranched alkanes of at least 4 members (excludes halogenated alkanes) is 1. The fraction of sp³-hybridized carbons (Fsp3) is 0.449. The Balaban J connectivity index is 1.37. The number of aliphatic hydroxyl groups excluding tert-OH is 1. The van der Waals surface area contributed by atoms with Crippen LogP contribution in [0.2, 0.25) is 5.04 Å². The lowest BCUT2D eigenvalue weighted by molar-refractivity contribution is -0.198. The van der Waals surface area contributed by atoms with Crippen LogP contribution in [0.5, 0.6) is 0 Å². The highest BCUT2D eigenvalue weighted by Crippen LogP contribution is 2.54. The molecule has 1 N–H and O–H groups in total. The Labute approximate surface area is 336 Å². The molecule has 2 fully saturated rings. The monoisotopic (exact) mass is 774 g/mol. The van der Waals surface area contributed by atoms with E-state index < -0.39 is 8.32 Å². The molecule has 0 spiro atoms. The molecule has 5 atom stereocenters. The summed E-state index contributed by atoms with van der Waals surface area (Å²) >= 11 is 0. The number of rotatable bonds is 17. The Morgan fingerprint density at radius 1 is 0.857 bits per heavy atom. The summed E-state index contributed by atoms with van der Waals surface area (Å²) in [7, 11) is -1.43. The Bertz CT molecular complexity index is 1760. The molecule has 1 saturated carbocycles. The zero-order valence-corrected chi connectivity index (χ0v) is 34.9. The van der Waals surface area contributed by atoms with Gasteiger partial charge in [-0.15, -0.1) is 0 Å². The van der Waals surface area contributed by atoms with Crippen LogP contribution in [-0.2, 0) is 29.9 Å². The first kappa shape index (κ1) is 41.8. The van der Waals surface area contributed by atoms with Crippen LogP contribution in [0, 0.1) is 17.3 Å². The molecule has 1 heterocycles. The lowest BCUT2D eigenvalue weighted by Gasteiger charge is -2.44. The van der Waals surface area contributed by atoms with Crippen molar-refractivity contribution in [2.45, 2.75) is 96.0 Å². The topological polar surface area (TPSA) is 74.2 Å². The number of hydrogen-bond donors (Lipinski definition) is 1. The predicted molar refractivity (Wildman–Crippen MR) is 228 cm³/mol. The number of allylic oxidation sites excluding steroid dienone is 2. The molecule has 6 nitrogen and oxygen atoms in total. The molecule has 7 heteroatoms. The van der Waals surface area contributed by atoms with E-state index in [1.807, 2.05) is 6.07 Å². The minimum absolute atomic E-state index is 0.0262. The van der Waals surface area contributed by atoms with E-state index >= 15 is 0 Å². The summed E-state index contributed by atoms with van der Waals surface area (Å²) < 4.78 is 25.8. The van der Waals surface area contributed by atoms with Crippen LogP contribution in [0.1, 0.15) is 77.7 Å². The molecule has 4 aromatic carbocycles. The van der Waals surface area contributed by atoms with Crippen molar-refractivity contribution >= 4 is 24.7 Å². The molecular weight excluding hydrogens is 713 g/mol. The van der Waals surface area contributed by atoms with Crippen molar-refractivity contribution in [2.24, 2.45) is 17.3 Å². The highest BCUT2D eigenvalue weighted by Gasteiger charge is 2.56. The van der Waals surface area contributed by atoms with Gasteiger partial charge in [0.1, 0.15) is 0 Å². The Kier molecular flexibility index (Phi) is 14.6. The summed E-state index contributed by atoms with van der Waals surface area (Å²) in [6, 6.07) is 41.0. The quantitative estimate of drug-likeness (QED) is 0.0499. The summed E-state index contributed by atoms with van der Waals surface area (Å²) in [6.45, 7) is 8.14. The van der Waals surface area contributed by atoms with Crippen molar-refractivity contribution in [1.29, 1.82) is 0 Å². The first-order valence-corrected chi connectivity index (χ1v) is 22.6. The number of methoxy groups -OCH3 is 1. The highest BCUT2D eigenvalue weighted by molar-refractivity contribution is 6.99. The number of hydrogen-bond acceptors (Lipinski definition) is 6. The molecule has 6 rings (SSSR count). The van der Waals surface area contributed by atoms with Gasteiger partial charge in [-0.05, 0) is 94.8 Å². The van der Waals surface area contributed by atoms with Crippen LogP contribution < -0.4 is 10.4 Å². The van der Waals surface area contributed by atoms with E-state index in [-0.39, 0.29) is 47.3 Å². The maximum atomic E-state index is 11.8. The summed E-state index contributed by atoms with van der Waals surface area (Å²) in [5.41, 5.74) is 3.31. The van der Waals surface area contributed by atoms with Crippen molar-refractivity contribution in [1.82, 2.24) is 0 Å². The second-order valence-corrected chi connectivity index (χ2v) is 21.2. The average Bonchev–Trinajstić information content (AvgIpc) is 3.51. The smallest absolute Gasteiger partial charge is 0.305 e. The number of aliphatic hydroxyl groups is 1. The van der Waals surface area contributed by atoms with Crippen molar-refractivity contribution in [2.75, 3.05) is 26.9 Å². The van der Waals surface area contributed by atoms with E-state index in [9.17, 15) is 9.90 Å². The van der Waals surface area contributed by atoms with Gasteiger partial charge in [-0.3, -0.25) is 4.79 Å². The van der Waals surface area contributed by atoms with Crippen LogP contribution >= 0.6 is 0 Å². The SMILES string of the molecule is COC(=O)CCCC=CC[C@@]1(Cc2ccc(-c3ccccc3)cc2)C[C@@H](OC2CCCCO2)[C@H](CO[Si](c2ccccc2)(c2ccccc2)C(C)(C)C)[C@H]1CO. The van der Waals surface area contributed by atoms with Gasteiger partial charge in [0.15, 0.2) is 6.29 Å². The van der Waals surface area contributed by atoms with Gasteiger partial charge in [-0.2, -0.15) is 0 Å². The first-order valence-electron chi connectivity index (χ1n) is 20.7. The maximum absolute atomic E-state index is 11.8. The van der Waals surface area contributed by atoms with Gasteiger partial charge < -0.3 is 23.7 Å². The number of carbonyl (C=O) groups excluding carboxylic acids is 1. The van der Waals surface area contributed by atoms with Gasteiger partial charge in [0, 0.05) is 32.2 Å². The third-order valence-corrected chi connectivity index (χ3v) is 17.3. The Morgan fingerprint density at radius 3 is 2.05 bits per heavy atom. The second-order valence-electron chi connectivity index (χ2n) is 16.8. The minimum atomic E-state index is -2.87. The van der Waals surface area contributed by atoms with E-state index in [2.05, 4.69) is 142 Å². The average molecular weight is 775 g/mol. The third kappa shape index (κ3) is 9.80. The summed E-state index contributed by atoms with van der Waals surface area (Å²) in [5, 5.41) is 13.9. The molecular formula is C49H62O6Si. The molecule has 2 aliphatic rings. The lowest BCUT2D eigenvalue weighted by Crippen LogP contribution is -2.67. The Hall–Kier alpha value is -3.85. The molecule has 1 saturated heterocycles. The van der Waals surface area contributed by atoms with E-state index in [1.165, 1.54) is 34.2 Å². The first-order chi connectivity index (χ1) is 27.2. The summed E-state index contributed by atoms with van der Waals surface area (Å²) in [5.74, 6) is -0.343. The number of carbonyl (C=O) groups is 1. The van der Waals surface area contributed by atoms with Crippen LogP contribution in [0.3, 0.4) is 0 Å². The van der Waals surface area contributed by atoms with Gasteiger partial charge in [0.2, 0.25) is 0 Å². The van der Waals surface area contributed by atoms with Crippen molar-refractivity contribution in [3.05, 3.63) is 133 Å². The van der Waals surface area contributed by atoms with Crippen LogP contribution in [0.25, 0.3) is 11.1 Å². The molecule has 1 unspecified atom stereocenters. The fourth-order valence-corrected chi connectivity index (χ4v) is 14.0. The number of esters is 1. The zero-order chi connectivity index (χ0) is 39.4. The van der Waals surface area contributed by atoms with Gasteiger partial charge >= 0.3 is 5.97 Å². The third-order valence-electron chi connectivity index (χ3n) is 12.2. The van der Waals surface area contributed by atoms with E-state index in [4.69, 9.17) is 18.6 Å². The molecule has 0 radical (unpaired) electrons. The molecule has 0 bridgehead atoms. The van der Waals surface area contributed by atoms with Gasteiger partial charge in [-0.25, -0.2) is 0 Å². The highest BCUT2D eigenvalue weighted by atomic mass is 28.4. The van der Waals surface area contributed by atoms with Crippen LogP contribution in [-0.4, -0.2) is 58.7 Å². The second kappa shape index (κ2) is 19.5. The summed E-state index contributed by atoms with van der Waals surface area (Å²) in [4.78, 5) is 11.8. The van der Waals surface area contributed by atoms with Crippen molar-refractivity contribution in [3.8, 4) is 11.1 Å². The molecule has 1 aliphatic heterocycles. The number of ether oxygens (including phenoxy) is 3. The molecule has 298 valence electrons. The number of benzene rings is 4. The predicted octanol–water partition coefficient (Wildman–Crippen LogP) is 9.29. The van der Waals surface area contributed by atoms with E-state index in [0.717, 1.165) is 51.4 Å². The van der Waals surface area contributed by atoms with E-state index in [1.54, 1.807) is 0 Å². The zero-order valence-electron chi connectivity index (χ0n) is 33.9. The van der Waals surface area contributed by atoms with Crippen molar-refractivity contribution < 1.29 is 28.5 Å². The fourth-order valence-electron chi connectivity index (χ4n) is 9.38. The molecule has 1 aliphatic carbocycles. The largest absolute Gasteiger partial charge is 0.469 e. The minimum Gasteiger partial charge on any atom is -0.469 e. The normalized spacial score (nSPS) is 23.0. The van der Waals surface area contributed by atoms with Gasteiger partial charge in [0.05, 0.1) is 13.2 Å². The Morgan fingerprint density at radius 2 is 1.48 bits per heavy atom. The summed E-state index contributed by atoms with van der Waals surface area (Å²) in [6.07, 6.45) is 11.3. The molecule has 0 amide bonds. The molecule has 4 aromatic rings. The standard InChI is InChI=1S/C49H62O6Si/c1-48(2,3)56(41-22-12-8-13-23-41,42-24-14-9-15-25-42)54-37-43-44(36-50)49(32-18-6-5-16-26-46(51)52-4,35-45(43)55-47-27-17-19-33-53-47)34-38-28-30-40(31-29-38)39-20-10-7-11-21-39/h6-15,18,20-25,28-31,43-45,47,50H,5,16-17,19,26-27,32-37H2,1-4H3/t43-,44-,45-,47?,49-/m1/s1. The van der Waals surface area contributed by atoms with Gasteiger partial charge in [0.25, 0.3) is 8.32 Å². The lowest BCUT2D eigenvalue weighted by atomic mass is 9.69. The van der Waals surface area contributed by atoms with Crippen molar-refractivity contribution in [3.63, 3.8) is 0 Å².